The van der Waals surface area contributed by atoms with Gasteiger partial charge in [-0.3, -0.25) is 4.79 Å². The van der Waals surface area contributed by atoms with Gasteiger partial charge in [0, 0.05) is 37.1 Å². The third-order valence-corrected chi connectivity index (χ3v) is 5.31. The fourth-order valence-electron chi connectivity index (χ4n) is 3.16. The van der Waals surface area contributed by atoms with E-state index in [1.807, 2.05) is 47.4 Å². The van der Waals surface area contributed by atoms with E-state index in [9.17, 15) is 4.79 Å². The predicted molar refractivity (Wildman–Crippen MR) is 98.5 cm³/mol. The van der Waals surface area contributed by atoms with E-state index in [2.05, 4.69) is 26.9 Å². The standard InChI is InChI=1S/C19H17BrN2O2/c20-18-15-8-13-24-17(15)7-6-16(18)21-9-11-22(12-10-21)19(23)14-4-2-1-3-5-14/h1-8,13H,9-12H2. The Labute approximate surface area is 148 Å². The Bertz CT molecular complexity index is 867. The first-order valence-corrected chi connectivity index (χ1v) is 8.78. The lowest BCUT2D eigenvalue weighted by Gasteiger charge is -2.36. The Morgan fingerprint density at radius 2 is 1.71 bits per heavy atom. The molecular formula is C19H17BrN2O2. The van der Waals surface area contributed by atoms with Crippen LogP contribution < -0.4 is 4.90 Å². The van der Waals surface area contributed by atoms with Gasteiger partial charge in [0.2, 0.25) is 0 Å². The second-order valence-corrected chi connectivity index (χ2v) is 6.67. The molecule has 0 saturated carbocycles. The molecule has 1 saturated heterocycles. The molecule has 1 fully saturated rings. The quantitative estimate of drug-likeness (QED) is 0.665. The third-order valence-electron chi connectivity index (χ3n) is 4.48. The number of furan rings is 1. The van der Waals surface area contributed by atoms with Gasteiger partial charge in [0.25, 0.3) is 5.91 Å². The summed E-state index contributed by atoms with van der Waals surface area (Å²) in [6.07, 6.45) is 1.70. The fourth-order valence-corrected chi connectivity index (χ4v) is 3.87. The normalized spacial score (nSPS) is 15.0. The van der Waals surface area contributed by atoms with Crippen LogP contribution in [0.5, 0.6) is 0 Å². The van der Waals surface area contributed by atoms with Crippen molar-refractivity contribution in [3.05, 3.63) is 64.8 Å². The second-order valence-electron chi connectivity index (χ2n) is 5.88. The van der Waals surface area contributed by atoms with Gasteiger partial charge >= 0.3 is 0 Å². The van der Waals surface area contributed by atoms with Crippen molar-refractivity contribution >= 4 is 38.5 Å². The van der Waals surface area contributed by atoms with E-state index in [4.69, 9.17) is 4.42 Å². The van der Waals surface area contributed by atoms with Gasteiger partial charge in [-0.1, -0.05) is 18.2 Å². The minimum atomic E-state index is 0.111. The molecular weight excluding hydrogens is 368 g/mol. The van der Waals surface area contributed by atoms with E-state index in [0.29, 0.717) is 0 Å². The SMILES string of the molecule is O=C(c1ccccc1)N1CCN(c2ccc3occc3c2Br)CC1. The molecule has 0 aliphatic carbocycles. The number of amides is 1. The highest BCUT2D eigenvalue weighted by atomic mass is 79.9. The van der Waals surface area contributed by atoms with E-state index in [1.54, 1.807) is 6.26 Å². The van der Waals surface area contributed by atoms with Gasteiger partial charge in [0.15, 0.2) is 0 Å². The Morgan fingerprint density at radius 1 is 0.958 bits per heavy atom. The van der Waals surface area contributed by atoms with Crippen molar-refractivity contribution in [1.29, 1.82) is 0 Å². The molecule has 1 aliphatic rings. The minimum absolute atomic E-state index is 0.111. The maximum Gasteiger partial charge on any atom is 0.253 e. The van der Waals surface area contributed by atoms with E-state index in [-0.39, 0.29) is 5.91 Å². The van der Waals surface area contributed by atoms with Gasteiger partial charge in [-0.2, -0.15) is 0 Å². The molecule has 3 aromatic rings. The number of nitrogens with zero attached hydrogens (tertiary/aromatic N) is 2. The Kier molecular flexibility index (Phi) is 4.02. The largest absolute Gasteiger partial charge is 0.464 e. The number of rotatable bonds is 2. The van der Waals surface area contributed by atoms with Crippen LogP contribution in [0.25, 0.3) is 11.0 Å². The summed E-state index contributed by atoms with van der Waals surface area (Å²) < 4.78 is 6.49. The molecule has 2 aromatic carbocycles. The Hall–Kier alpha value is -2.27. The van der Waals surface area contributed by atoms with Gasteiger partial charge in [0.1, 0.15) is 5.58 Å². The first kappa shape index (κ1) is 15.3. The molecule has 24 heavy (non-hydrogen) atoms. The molecule has 1 aliphatic heterocycles. The van der Waals surface area contributed by atoms with Crippen LogP contribution in [-0.2, 0) is 0 Å². The van der Waals surface area contributed by atoms with Crippen LogP contribution in [0.4, 0.5) is 5.69 Å². The molecule has 0 atom stereocenters. The van der Waals surface area contributed by atoms with Gasteiger partial charge in [-0.05, 0) is 46.3 Å². The molecule has 0 unspecified atom stereocenters. The lowest BCUT2D eigenvalue weighted by molar-refractivity contribution is 0.0747. The maximum atomic E-state index is 12.5. The van der Waals surface area contributed by atoms with Crippen LogP contribution in [0.3, 0.4) is 0 Å². The lowest BCUT2D eigenvalue weighted by atomic mass is 10.1. The minimum Gasteiger partial charge on any atom is -0.464 e. The zero-order valence-corrected chi connectivity index (χ0v) is 14.7. The molecule has 4 nitrogen and oxygen atoms in total. The molecule has 5 heteroatoms. The Balaban J connectivity index is 1.49. The molecule has 0 radical (unpaired) electrons. The van der Waals surface area contributed by atoms with Crippen molar-refractivity contribution in [3.63, 3.8) is 0 Å². The van der Waals surface area contributed by atoms with E-state index in [1.165, 1.54) is 0 Å². The van der Waals surface area contributed by atoms with Crippen LogP contribution in [0.1, 0.15) is 10.4 Å². The lowest BCUT2D eigenvalue weighted by Crippen LogP contribution is -2.48. The molecule has 0 spiro atoms. The summed E-state index contributed by atoms with van der Waals surface area (Å²) in [5, 5.41) is 1.08. The van der Waals surface area contributed by atoms with Crippen LogP contribution in [0.2, 0.25) is 0 Å². The predicted octanol–water partition coefficient (Wildman–Crippen LogP) is 4.16. The van der Waals surface area contributed by atoms with Gasteiger partial charge < -0.3 is 14.2 Å². The van der Waals surface area contributed by atoms with Crippen molar-refractivity contribution in [3.8, 4) is 0 Å². The molecule has 1 amide bonds. The summed E-state index contributed by atoms with van der Waals surface area (Å²) in [5.41, 5.74) is 2.78. The highest BCUT2D eigenvalue weighted by molar-refractivity contribution is 9.10. The van der Waals surface area contributed by atoms with Gasteiger partial charge in [-0.15, -0.1) is 0 Å². The average molecular weight is 385 g/mol. The van der Waals surface area contributed by atoms with Crippen molar-refractivity contribution in [2.75, 3.05) is 31.1 Å². The first-order valence-electron chi connectivity index (χ1n) is 7.99. The summed E-state index contributed by atoms with van der Waals surface area (Å²) in [6, 6.07) is 15.5. The number of piperazine rings is 1. The van der Waals surface area contributed by atoms with Gasteiger partial charge in [-0.25, -0.2) is 0 Å². The number of anilines is 1. The maximum absolute atomic E-state index is 12.5. The van der Waals surface area contributed by atoms with Crippen LogP contribution >= 0.6 is 15.9 Å². The average Bonchev–Trinajstić information content (AvgIpc) is 3.12. The van der Waals surface area contributed by atoms with Crippen molar-refractivity contribution < 1.29 is 9.21 Å². The van der Waals surface area contributed by atoms with Crippen LogP contribution in [0, 0.1) is 0 Å². The topological polar surface area (TPSA) is 36.7 Å². The smallest absolute Gasteiger partial charge is 0.253 e. The number of fused-ring (bicyclic) bond motifs is 1. The molecule has 1 aromatic heterocycles. The molecule has 0 bridgehead atoms. The van der Waals surface area contributed by atoms with E-state index >= 15 is 0 Å². The molecule has 4 rings (SSSR count). The molecule has 0 N–H and O–H groups in total. The summed E-state index contributed by atoms with van der Waals surface area (Å²) in [4.78, 5) is 16.8. The first-order chi connectivity index (χ1) is 11.7. The zero-order valence-electron chi connectivity index (χ0n) is 13.1. The second kappa shape index (κ2) is 6.32. The van der Waals surface area contributed by atoms with E-state index < -0.39 is 0 Å². The zero-order chi connectivity index (χ0) is 16.5. The molecule has 2 heterocycles. The summed E-state index contributed by atoms with van der Waals surface area (Å²) >= 11 is 3.70. The highest BCUT2D eigenvalue weighted by Crippen LogP contribution is 2.34. The summed E-state index contributed by atoms with van der Waals surface area (Å²) in [6.45, 7) is 3.09. The van der Waals surface area contributed by atoms with Crippen molar-refractivity contribution in [2.45, 2.75) is 0 Å². The molecule has 122 valence electrons. The number of carbonyl (C=O) groups is 1. The van der Waals surface area contributed by atoms with Crippen LogP contribution in [0.15, 0.2) is 63.7 Å². The summed E-state index contributed by atoms with van der Waals surface area (Å²) in [5.74, 6) is 0.111. The van der Waals surface area contributed by atoms with Crippen molar-refractivity contribution in [1.82, 2.24) is 4.90 Å². The summed E-state index contributed by atoms with van der Waals surface area (Å²) in [7, 11) is 0. The van der Waals surface area contributed by atoms with Crippen molar-refractivity contribution in [2.24, 2.45) is 0 Å². The highest BCUT2D eigenvalue weighted by Gasteiger charge is 2.23. The fraction of sp³-hybridized carbons (Fsp3) is 0.211. The Morgan fingerprint density at radius 3 is 2.46 bits per heavy atom. The number of benzene rings is 2. The third kappa shape index (κ3) is 2.69. The van der Waals surface area contributed by atoms with Gasteiger partial charge in [0.05, 0.1) is 16.4 Å². The number of carbonyl (C=O) groups excluding carboxylic acids is 1. The van der Waals surface area contributed by atoms with Crippen LogP contribution in [-0.4, -0.2) is 37.0 Å². The number of hydrogen-bond acceptors (Lipinski definition) is 3. The number of halogens is 1. The van der Waals surface area contributed by atoms with E-state index in [0.717, 1.165) is 52.9 Å². The monoisotopic (exact) mass is 384 g/mol. The number of hydrogen-bond donors (Lipinski definition) is 0.